The number of rotatable bonds is 3. The second kappa shape index (κ2) is 6.19. The first-order chi connectivity index (χ1) is 10.3. The lowest BCUT2D eigenvalue weighted by Crippen LogP contribution is -2.40. The average molecular weight is 304 g/mol. The fourth-order valence-electron chi connectivity index (χ4n) is 2.17. The molecule has 0 bridgehead atoms. The second-order valence-electron chi connectivity index (χ2n) is 4.65. The average Bonchev–Trinajstić information content (AvgIpc) is 3.05. The van der Waals surface area contributed by atoms with E-state index in [-0.39, 0.29) is 0 Å². The van der Waals surface area contributed by atoms with Crippen LogP contribution in [-0.2, 0) is 4.74 Å². The monoisotopic (exact) mass is 304 g/mol. The molecule has 2 aromatic rings. The van der Waals surface area contributed by atoms with Gasteiger partial charge in [-0.3, -0.25) is 0 Å². The Morgan fingerprint density at radius 3 is 2.90 bits per heavy atom. The van der Waals surface area contributed by atoms with Gasteiger partial charge in [-0.15, -0.1) is 5.10 Å². The van der Waals surface area contributed by atoms with Crippen LogP contribution in [0.5, 0.6) is 5.75 Å². The molecule has 0 aliphatic carbocycles. The molecule has 1 aromatic heterocycles. The van der Waals surface area contributed by atoms with Crippen LogP contribution in [0, 0.1) is 0 Å². The van der Waals surface area contributed by atoms with Gasteiger partial charge in [0.15, 0.2) is 0 Å². The smallest absolute Gasteiger partial charge is 0.140 e. The van der Waals surface area contributed by atoms with Gasteiger partial charge in [0.1, 0.15) is 16.4 Å². The summed E-state index contributed by atoms with van der Waals surface area (Å²) < 4.78 is 12.2. The van der Waals surface area contributed by atoms with Crippen LogP contribution < -0.4 is 4.74 Å². The molecular weight excluding hydrogens is 288 g/mol. The third-order valence-corrected chi connectivity index (χ3v) is 3.80. The van der Waals surface area contributed by atoms with Crippen LogP contribution in [0.25, 0.3) is 5.69 Å². The van der Waals surface area contributed by atoms with Crippen LogP contribution in [0.15, 0.2) is 30.5 Å². The number of hydrogen-bond acceptors (Lipinski definition) is 5. The van der Waals surface area contributed by atoms with E-state index in [9.17, 15) is 0 Å². The molecular formula is C14H16N4O2S. The molecule has 0 atom stereocenters. The highest BCUT2D eigenvalue weighted by atomic mass is 32.1. The zero-order valence-electron chi connectivity index (χ0n) is 11.7. The molecule has 110 valence electrons. The van der Waals surface area contributed by atoms with Gasteiger partial charge in [0.2, 0.25) is 0 Å². The summed E-state index contributed by atoms with van der Waals surface area (Å²) in [6.07, 6.45) is 1.84. The normalized spacial score (nSPS) is 15.0. The molecule has 0 saturated carbocycles. The highest BCUT2D eigenvalue weighted by Crippen LogP contribution is 2.16. The van der Waals surface area contributed by atoms with Crippen molar-refractivity contribution in [3.63, 3.8) is 0 Å². The number of thiocarbonyl (C=S) groups is 1. The third-order valence-electron chi connectivity index (χ3n) is 3.33. The van der Waals surface area contributed by atoms with E-state index in [1.165, 1.54) is 0 Å². The molecule has 1 fully saturated rings. The Kier molecular flexibility index (Phi) is 4.12. The SMILES string of the molecule is COc1cccc(-n2cc(C(=S)N3CCOCC3)nn2)c1. The Balaban J connectivity index is 1.80. The molecule has 0 unspecified atom stereocenters. The molecule has 0 radical (unpaired) electrons. The Labute approximate surface area is 128 Å². The van der Waals surface area contributed by atoms with Crippen molar-refractivity contribution in [2.75, 3.05) is 33.4 Å². The summed E-state index contributed by atoms with van der Waals surface area (Å²) in [5.41, 5.74) is 1.59. The zero-order valence-corrected chi connectivity index (χ0v) is 12.5. The second-order valence-corrected chi connectivity index (χ2v) is 5.04. The summed E-state index contributed by atoms with van der Waals surface area (Å²) >= 11 is 5.48. The first-order valence-corrected chi connectivity index (χ1v) is 7.12. The van der Waals surface area contributed by atoms with Gasteiger partial charge >= 0.3 is 0 Å². The largest absolute Gasteiger partial charge is 0.497 e. The first-order valence-electron chi connectivity index (χ1n) is 6.72. The predicted molar refractivity (Wildman–Crippen MR) is 82.0 cm³/mol. The van der Waals surface area contributed by atoms with E-state index in [2.05, 4.69) is 15.2 Å². The van der Waals surface area contributed by atoms with Gasteiger partial charge in [-0.2, -0.15) is 0 Å². The number of aromatic nitrogens is 3. The lowest BCUT2D eigenvalue weighted by Gasteiger charge is -2.27. The van der Waals surface area contributed by atoms with Gasteiger partial charge in [-0.25, -0.2) is 4.68 Å². The van der Waals surface area contributed by atoms with Gasteiger partial charge in [-0.05, 0) is 12.1 Å². The number of nitrogens with zero attached hydrogens (tertiary/aromatic N) is 4. The van der Waals surface area contributed by atoms with Gasteiger partial charge < -0.3 is 14.4 Å². The third kappa shape index (κ3) is 3.03. The van der Waals surface area contributed by atoms with Gasteiger partial charge in [0, 0.05) is 19.2 Å². The number of methoxy groups -OCH3 is 1. The Morgan fingerprint density at radius 2 is 2.14 bits per heavy atom. The van der Waals surface area contributed by atoms with E-state index < -0.39 is 0 Å². The van der Waals surface area contributed by atoms with Crippen molar-refractivity contribution in [1.29, 1.82) is 0 Å². The molecule has 3 rings (SSSR count). The van der Waals surface area contributed by atoms with Gasteiger partial charge in [0.05, 0.1) is 32.2 Å². The van der Waals surface area contributed by atoms with Crippen LogP contribution >= 0.6 is 12.2 Å². The summed E-state index contributed by atoms with van der Waals surface area (Å²) in [4.78, 5) is 2.81. The van der Waals surface area contributed by atoms with E-state index in [4.69, 9.17) is 21.7 Å². The highest BCUT2D eigenvalue weighted by molar-refractivity contribution is 7.80. The molecule has 21 heavy (non-hydrogen) atoms. The Hall–Kier alpha value is -1.99. The molecule has 2 heterocycles. The maximum Gasteiger partial charge on any atom is 0.140 e. The van der Waals surface area contributed by atoms with E-state index >= 15 is 0 Å². The molecule has 1 saturated heterocycles. The zero-order chi connectivity index (χ0) is 14.7. The van der Waals surface area contributed by atoms with Crippen molar-refractivity contribution in [3.05, 3.63) is 36.2 Å². The van der Waals surface area contributed by atoms with Crippen LogP contribution in [0.1, 0.15) is 5.69 Å². The highest BCUT2D eigenvalue weighted by Gasteiger charge is 2.18. The van der Waals surface area contributed by atoms with Crippen molar-refractivity contribution in [3.8, 4) is 11.4 Å². The maximum absolute atomic E-state index is 5.48. The van der Waals surface area contributed by atoms with E-state index in [1.807, 2.05) is 30.5 Å². The van der Waals surface area contributed by atoms with Crippen LogP contribution in [0.4, 0.5) is 0 Å². The number of morpholine rings is 1. The van der Waals surface area contributed by atoms with Crippen molar-refractivity contribution in [2.24, 2.45) is 0 Å². The van der Waals surface area contributed by atoms with Crippen molar-refractivity contribution in [1.82, 2.24) is 19.9 Å². The standard InChI is InChI=1S/C14H16N4O2S/c1-19-12-4-2-3-11(9-12)18-10-13(15-16-18)14(21)17-5-7-20-8-6-17/h2-4,9-10H,5-8H2,1H3. The van der Waals surface area contributed by atoms with Crippen LogP contribution in [-0.4, -0.2) is 58.3 Å². The van der Waals surface area contributed by atoms with E-state index in [0.29, 0.717) is 23.9 Å². The minimum Gasteiger partial charge on any atom is -0.497 e. The van der Waals surface area contributed by atoms with Gasteiger partial charge in [-0.1, -0.05) is 23.5 Å². The fourth-order valence-corrected chi connectivity index (χ4v) is 2.45. The lowest BCUT2D eigenvalue weighted by atomic mass is 10.3. The molecule has 0 N–H and O–H groups in total. The van der Waals surface area contributed by atoms with E-state index in [1.54, 1.807) is 11.8 Å². The van der Waals surface area contributed by atoms with E-state index in [0.717, 1.165) is 24.5 Å². The molecule has 1 aromatic carbocycles. The lowest BCUT2D eigenvalue weighted by molar-refractivity contribution is 0.0692. The summed E-state index contributed by atoms with van der Waals surface area (Å²) in [5, 5.41) is 8.32. The molecule has 0 amide bonds. The molecule has 0 spiro atoms. The number of ether oxygens (including phenoxy) is 2. The van der Waals surface area contributed by atoms with Crippen molar-refractivity contribution >= 4 is 17.2 Å². The van der Waals surface area contributed by atoms with Crippen molar-refractivity contribution in [2.45, 2.75) is 0 Å². The molecule has 6 nitrogen and oxygen atoms in total. The quantitative estimate of drug-likeness (QED) is 0.796. The maximum atomic E-state index is 5.48. The van der Waals surface area contributed by atoms with Gasteiger partial charge in [0.25, 0.3) is 0 Å². The molecule has 1 aliphatic rings. The van der Waals surface area contributed by atoms with Crippen LogP contribution in [0.2, 0.25) is 0 Å². The first kappa shape index (κ1) is 14.0. The summed E-state index contributed by atoms with van der Waals surface area (Å²) in [7, 11) is 1.64. The molecule has 7 heteroatoms. The van der Waals surface area contributed by atoms with Crippen molar-refractivity contribution < 1.29 is 9.47 Å². The summed E-state index contributed by atoms with van der Waals surface area (Å²) in [5.74, 6) is 0.778. The Bertz CT molecular complexity index is 637. The summed E-state index contributed by atoms with van der Waals surface area (Å²) in [6.45, 7) is 2.99. The number of hydrogen-bond donors (Lipinski definition) is 0. The van der Waals surface area contributed by atoms with Crippen LogP contribution in [0.3, 0.4) is 0 Å². The minimum absolute atomic E-state index is 0.699. The predicted octanol–water partition coefficient (Wildman–Crippen LogP) is 1.28. The molecule has 1 aliphatic heterocycles. The topological polar surface area (TPSA) is 52.4 Å². The minimum atomic E-state index is 0.699. The summed E-state index contributed by atoms with van der Waals surface area (Å²) in [6, 6.07) is 7.64. The Morgan fingerprint density at radius 1 is 1.33 bits per heavy atom. The number of benzene rings is 1. The fraction of sp³-hybridized carbons (Fsp3) is 0.357.